The molecule has 1 N–H and O–H groups in total. The van der Waals surface area contributed by atoms with Crippen LogP contribution in [-0.4, -0.2) is 29.8 Å². The quantitative estimate of drug-likeness (QED) is 0.641. The second-order valence-electron chi connectivity index (χ2n) is 5.93. The van der Waals surface area contributed by atoms with Gasteiger partial charge in [-0.25, -0.2) is 0 Å². The first-order chi connectivity index (χ1) is 9.76. The fourth-order valence-corrected chi connectivity index (χ4v) is 2.41. The number of benzene rings is 1. The Hall–Kier alpha value is -1.34. The van der Waals surface area contributed by atoms with Crippen molar-refractivity contribution in [1.29, 1.82) is 0 Å². The molecule has 0 unspecified atom stereocenters. The number of nitro groups is 1. The fourth-order valence-electron chi connectivity index (χ4n) is 1.97. The third-order valence-electron chi connectivity index (χ3n) is 2.95. The predicted octanol–water partition coefficient (Wildman–Crippen LogP) is 3.74. The normalized spacial score (nSPS) is 18.0. The van der Waals surface area contributed by atoms with Gasteiger partial charge < -0.3 is 14.8 Å². The molecule has 2 rings (SSSR count). The van der Waals surface area contributed by atoms with Crippen LogP contribution in [0.5, 0.6) is 5.75 Å². The third-order valence-corrected chi connectivity index (χ3v) is 3.41. The van der Waals surface area contributed by atoms with Crippen molar-refractivity contribution in [3.05, 3.63) is 26.7 Å². The zero-order valence-electron chi connectivity index (χ0n) is 12.3. The lowest BCUT2D eigenvalue weighted by molar-refractivity contribution is -0.385. The van der Waals surface area contributed by atoms with Crippen LogP contribution in [0.3, 0.4) is 0 Å². The molecule has 0 spiro atoms. The number of halogens is 1. The van der Waals surface area contributed by atoms with Crippen LogP contribution >= 0.6 is 15.9 Å². The largest absolute Gasteiger partial charge is 0.481 e. The summed E-state index contributed by atoms with van der Waals surface area (Å²) in [4.78, 5) is 11.0. The molecule has 1 aliphatic rings. The van der Waals surface area contributed by atoms with Crippen molar-refractivity contribution < 1.29 is 14.4 Å². The molecule has 0 saturated carbocycles. The lowest BCUT2D eigenvalue weighted by atomic mass is 10.1. The molecule has 7 heteroatoms. The summed E-state index contributed by atoms with van der Waals surface area (Å²) in [7, 11) is 0. The van der Waals surface area contributed by atoms with Gasteiger partial charge in [-0.2, -0.15) is 0 Å². The zero-order chi connectivity index (χ0) is 15.6. The molecular formula is C14H19BrN2O4. The molecular weight excluding hydrogens is 340 g/mol. The number of rotatable bonds is 5. The van der Waals surface area contributed by atoms with E-state index < -0.39 is 10.5 Å². The van der Waals surface area contributed by atoms with Gasteiger partial charge in [-0.05, 0) is 33.3 Å². The molecule has 1 fully saturated rings. The summed E-state index contributed by atoms with van der Waals surface area (Å²) in [6, 6.07) is 3.31. The van der Waals surface area contributed by atoms with Gasteiger partial charge in [0.15, 0.2) is 0 Å². The molecule has 0 radical (unpaired) electrons. The van der Waals surface area contributed by atoms with E-state index in [2.05, 4.69) is 21.2 Å². The second-order valence-corrected chi connectivity index (χ2v) is 6.85. The Balaban J connectivity index is 2.30. The summed E-state index contributed by atoms with van der Waals surface area (Å²) in [5.41, 5.74) is -0.128. The number of nitro benzene ring substituents is 1. The minimum Gasteiger partial charge on any atom is -0.481 e. The summed E-state index contributed by atoms with van der Waals surface area (Å²) in [6.45, 7) is 6.87. The van der Waals surface area contributed by atoms with Crippen molar-refractivity contribution >= 4 is 27.3 Å². The van der Waals surface area contributed by atoms with Crippen LogP contribution in [0.15, 0.2) is 16.6 Å². The van der Waals surface area contributed by atoms with Crippen LogP contribution in [0.4, 0.5) is 11.4 Å². The number of ether oxygens (including phenoxy) is 2. The number of anilines is 1. The van der Waals surface area contributed by atoms with Gasteiger partial charge in [0, 0.05) is 23.7 Å². The monoisotopic (exact) mass is 358 g/mol. The second kappa shape index (κ2) is 6.19. The van der Waals surface area contributed by atoms with Gasteiger partial charge >= 0.3 is 5.69 Å². The van der Waals surface area contributed by atoms with Gasteiger partial charge in [-0.3, -0.25) is 10.1 Å². The summed E-state index contributed by atoms with van der Waals surface area (Å²) >= 11 is 3.37. The van der Waals surface area contributed by atoms with Crippen LogP contribution in [0.2, 0.25) is 0 Å². The van der Waals surface area contributed by atoms with Gasteiger partial charge in [0.1, 0.15) is 11.3 Å². The first-order valence-corrected chi connectivity index (χ1v) is 7.58. The third kappa shape index (κ3) is 4.31. The fraction of sp³-hybridized carbons (Fsp3) is 0.571. The van der Waals surface area contributed by atoms with E-state index in [1.54, 1.807) is 12.1 Å². The molecule has 0 aliphatic carbocycles. The molecule has 1 aromatic rings. The maximum Gasteiger partial charge on any atom is 0.333 e. The van der Waals surface area contributed by atoms with E-state index in [1.165, 1.54) is 0 Å². The van der Waals surface area contributed by atoms with Crippen LogP contribution in [0.25, 0.3) is 0 Å². The molecule has 116 valence electrons. The number of hydrogen-bond donors (Lipinski definition) is 1. The molecule has 21 heavy (non-hydrogen) atoms. The van der Waals surface area contributed by atoms with E-state index >= 15 is 0 Å². The predicted molar refractivity (Wildman–Crippen MR) is 84.0 cm³/mol. The summed E-state index contributed by atoms with van der Waals surface area (Å²) < 4.78 is 11.8. The minimum atomic E-state index is -0.514. The first-order valence-electron chi connectivity index (χ1n) is 6.79. The van der Waals surface area contributed by atoms with Crippen molar-refractivity contribution in [1.82, 2.24) is 0 Å². The molecule has 0 aromatic heterocycles. The van der Waals surface area contributed by atoms with E-state index in [0.29, 0.717) is 12.2 Å². The standard InChI is InChI=1S/C14H19BrN2O4/c1-14(2,3)21-12-7-9(15)6-11(13(12)17(18)19)16-8-10-4-5-20-10/h6-7,10,16H,4-5,8H2,1-3H3/t10-/m0/s1. The Morgan fingerprint density at radius 3 is 2.67 bits per heavy atom. The van der Waals surface area contributed by atoms with Gasteiger partial charge in [-0.1, -0.05) is 15.9 Å². The van der Waals surface area contributed by atoms with Gasteiger partial charge in [-0.15, -0.1) is 0 Å². The van der Waals surface area contributed by atoms with Crippen molar-refractivity contribution in [2.75, 3.05) is 18.5 Å². The first kappa shape index (κ1) is 16.0. The van der Waals surface area contributed by atoms with E-state index in [9.17, 15) is 10.1 Å². The van der Waals surface area contributed by atoms with Crippen LogP contribution < -0.4 is 10.1 Å². The molecule has 1 heterocycles. The highest BCUT2D eigenvalue weighted by atomic mass is 79.9. The average molecular weight is 359 g/mol. The molecule has 0 bridgehead atoms. The SMILES string of the molecule is CC(C)(C)Oc1cc(Br)cc(NC[C@@H]2CCO2)c1[N+](=O)[O-]. The Labute approximate surface area is 132 Å². The van der Waals surface area contributed by atoms with Crippen LogP contribution in [0.1, 0.15) is 27.2 Å². The summed E-state index contributed by atoms with van der Waals surface area (Å²) in [5, 5.41) is 14.5. The Morgan fingerprint density at radius 2 is 2.19 bits per heavy atom. The molecule has 1 aliphatic heterocycles. The topological polar surface area (TPSA) is 73.6 Å². The molecule has 1 aromatic carbocycles. The molecule has 6 nitrogen and oxygen atoms in total. The van der Waals surface area contributed by atoms with Crippen molar-refractivity contribution in [2.45, 2.75) is 38.9 Å². The van der Waals surface area contributed by atoms with E-state index in [4.69, 9.17) is 9.47 Å². The van der Waals surface area contributed by atoms with Gasteiger partial charge in [0.25, 0.3) is 0 Å². The lowest BCUT2D eigenvalue weighted by Gasteiger charge is -2.27. The van der Waals surface area contributed by atoms with E-state index in [1.807, 2.05) is 20.8 Å². The van der Waals surface area contributed by atoms with Crippen molar-refractivity contribution in [2.24, 2.45) is 0 Å². The molecule has 1 saturated heterocycles. The summed E-state index contributed by atoms with van der Waals surface area (Å²) in [5.74, 6) is 0.249. The Bertz CT molecular complexity index is 539. The van der Waals surface area contributed by atoms with Crippen molar-refractivity contribution in [3.63, 3.8) is 0 Å². The number of nitrogens with zero attached hydrogens (tertiary/aromatic N) is 1. The van der Waals surface area contributed by atoms with E-state index in [-0.39, 0.29) is 17.5 Å². The van der Waals surface area contributed by atoms with E-state index in [0.717, 1.165) is 17.5 Å². The molecule has 0 amide bonds. The number of nitrogens with one attached hydrogen (secondary N) is 1. The lowest BCUT2D eigenvalue weighted by Crippen LogP contribution is -2.33. The van der Waals surface area contributed by atoms with Crippen LogP contribution in [-0.2, 0) is 4.74 Å². The minimum absolute atomic E-state index is 0.0487. The summed E-state index contributed by atoms with van der Waals surface area (Å²) in [6.07, 6.45) is 1.09. The average Bonchev–Trinajstić information content (AvgIpc) is 2.22. The highest BCUT2D eigenvalue weighted by Crippen LogP contribution is 2.39. The molecule has 1 atom stereocenters. The van der Waals surface area contributed by atoms with Crippen molar-refractivity contribution in [3.8, 4) is 5.75 Å². The maximum atomic E-state index is 11.4. The van der Waals surface area contributed by atoms with Crippen LogP contribution in [0, 0.1) is 10.1 Å². The Morgan fingerprint density at radius 1 is 1.52 bits per heavy atom. The highest BCUT2D eigenvalue weighted by Gasteiger charge is 2.27. The number of hydrogen-bond acceptors (Lipinski definition) is 5. The Kier molecular flexibility index (Phi) is 4.73. The zero-order valence-corrected chi connectivity index (χ0v) is 13.9. The highest BCUT2D eigenvalue weighted by molar-refractivity contribution is 9.10. The van der Waals surface area contributed by atoms with Gasteiger partial charge in [0.05, 0.1) is 11.0 Å². The van der Waals surface area contributed by atoms with Gasteiger partial charge in [0.2, 0.25) is 5.75 Å². The maximum absolute atomic E-state index is 11.4. The smallest absolute Gasteiger partial charge is 0.333 e.